The molecule has 1 aromatic carbocycles. The van der Waals surface area contributed by atoms with E-state index in [9.17, 15) is 13.2 Å². The van der Waals surface area contributed by atoms with Crippen LogP contribution in [0.4, 0.5) is 16.3 Å². The number of carbonyl (C=O) groups is 1. The van der Waals surface area contributed by atoms with E-state index in [0.717, 1.165) is 29.7 Å². The van der Waals surface area contributed by atoms with Crippen molar-refractivity contribution < 1.29 is 13.2 Å². The Bertz CT molecular complexity index is 1010. The number of nitrogens with one attached hydrogen (secondary N) is 3. The van der Waals surface area contributed by atoms with Crippen molar-refractivity contribution in [2.24, 2.45) is 0 Å². The van der Waals surface area contributed by atoms with Gasteiger partial charge in [-0.2, -0.15) is 9.40 Å². The number of anilines is 2. The minimum atomic E-state index is -3.23. The number of H-pyrrole nitrogens is 1. The first kappa shape index (κ1) is 20.9. The molecule has 1 aliphatic carbocycles. The van der Waals surface area contributed by atoms with Gasteiger partial charge in [-0.25, -0.2) is 13.2 Å². The quantitative estimate of drug-likeness (QED) is 0.669. The Morgan fingerprint density at radius 3 is 2.80 bits per heavy atom. The first-order chi connectivity index (χ1) is 14.5. The molecule has 2 aliphatic rings. The van der Waals surface area contributed by atoms with Crippen molar-refractivity contribution >= 4 is 27.6 Å². The second-order valence-corrected chi connectivity index (χ2v) is 10.3. The molecular formula is C21H29N5O3S. The van der Waals surface area contributed by atoms with Gasteiger partial charge in [-0.3, -0.25) is 10.4 Å². The second kappa shape index (κ2) is 8.77. The molecule has 0 bridgehead atoms. The number of urea groups is 1. The van der Waals surface area contributed by atoms with Crippen LogP contribution in [0.25, 0.3) is 0 Å². The van der Waals surface area contributed by atoms with E-state index in [0.29, 0.717) is 36.9 Å². The lowest BCUT2D eigenvalue weighted by Gasteiger charge is -2.29. The number of carbonyl (C=O) groups excluding carboxylic acids is 1. The molecule has 2 heterocycles. The van der Waals surface area contributed by atoms with Gasteiger partial charge < -0.3 is 5.32 Å². The van der Waals surface area contributed by atoms with E-state index in [1.54, 1.807) is 6.92 Å². The zero-order valence-electron chi connectivity index (χ0n) is 17.3. The highest BCUT2D eigenvalue weighted by molar-refractivity contribution is 7.89. The average Bonchev–Trinajstić information content (AvgIpc) is 3.22. The van der Waals surface area contributed by atoms with E-state index in [1.807, 2.05) is 24.3 Å². The smallest absolute Gasteiger partial charge is 0.307 e. The first-order valence-corrected chi connectivity index (χ1v) is 12.3. The molecule has 0 unspecified atom stereocenters. The van der Waals surface area contributed by atoms with E-state index in [4.69, 9.17) is 0 Å². The molecule has 1 aliphatic heterocycles. The van der Waals surface area contributed by atoms with Gasteiger partial charge in [0.25, 0.3) is 0 Å². The SMILES string of the molecule is CCS(=O)(=O)N1CCc2c(cccc2NC(=O)Nc2cc(C3CCCCC3)[nH]n2)C1. The molecule has 2 aromatic rings. The van der Waals surface area contributed by atoms with Crippen LogP contribution in [0, 0.1) is 0 Å². The Balaban J connectivity index is 1.41. The Labute approximate surface area is 177 Å². The molecular weight excluding hydrogens is 402 g/mol. The summed E-state index contributed by atoms with van der Waals surface area (Å²) in [6, 6.07) is 7.17. The zero-order chi connectivity index (χ0) is 21.1. The molecule has 162 valence electrons. The summed E-state index contributed by atoms with van der Waals surface area (Å²) < 4.78 is 25.9. The van der Waals surface area contributed by atoms with Crippen molar-refractivity contribution in [1.82, 2.24) is 14.5 Å². The Morgan fingerprint density at radius 1 is 1.23 bits per heavy atom. The van der Waals surface area contributed by atoms with Gasteiger partial charge in [-0.1, -0.05) is 31.4 Å². The average molecular weight is 432 g/mol. The Hall–Kier alpha value is -2.39. The molecule has 8 nitrogen and oxygen atoms in total. The van der Waals surface area contributed by atoms with E-state index in [2.05, 4.69) is 20.8 Å². The number of sulfonamides is 1. The van der Waals surface area contributed by atoms with Gasteiger partial charge in [0.2, 0.25) is 10.0 Å². The van der Waals surface area contributed by atoms with Gasteiger partial charge in [-0.05, 0) is 43.4 Å². The van der Waals surface area contributed by atoms with Crippen LogP contribution in [0.5, 0.6) is 0 Å². The number of rotatable bonds is 5. The van der Waals surface area contributed by atoms with Crippen LogP contribution in [0.15, 0.2) is 24.3 Å². The summed E-state index contributed by atoms with van der Waals surface area (Å²) in [5.41, 5.74) is 3.71. The number of fused-ring (bicyclic) bond motifs is 1. The molecule has 3 N–H and O–H groups in total. The topological polar surface area (TPSA) is 107 Å². The highest BCUT2D eigenvalue weighted by Crippen LogP contribution is 2.32. The van der Waals surface area contributed by atoms with Crippen LogP contribution in [-0.2, 0) is 23.0 Å². The molecule has 1 saturated carbocycles. The highest BCUT2D eigenvalue weighted by Gasteiger charge is 2.27. The number of hydrogen-bond donors (Lipinski definition) is 3. The van der Waals surface area contributed by atoms with Crippen molar-refractivity contribution in [2.75, 3.05) is 22.9 Å². The van der Waals surface area contributed by atoms with Crippen LogP contribution in [0.1, 0.15) is 61.8 Å². The van der Waals surface area contributed by atoms with E-state index in [-0.39, 0.29) is 11.8 Å². The van der Waals surface area contributed by atoms with Gasteiger partial charge in [0.05, 0.1) is 5.75 Å². The maximum atomic E-state index is 12.5. The number of aromatic amines is 1. The summed E-state index contributed by atoms with van der Waals surface area (Å²) in [7, 11) is -3.23. The summed E-state index contributed by atoms with van der Waals surface area (Å²) in [6.45, 7) is 2.42. The minimum Gasteiger partial charge on any atom is -0.307 e. The largest absolute Gasteiger partial charge is 0.324 e. The van der Waals surface area contributed by atoms with Crippen molar-refractivity contribution in [2.45, 2.75) is 57.9 Å². The van der Waals surface area contributed by atoms with Crippen LogP contribution in [0.3, 0.4) is 0 Å². The van der Waals surface area contributed by atoms with Crippen LogP contribution >= 0.6 is 0 Å². The van der Waals surface area contributed by atoms with Gasteiger partial charge >= 0.3 is 6.03 Å². The van der Waals surface area contributed by atoms with Crippen molar-refractivity contribution in [3.05, 3.63) is 41.1 Å². The van der Waals surface area contributed by atoms with Gasteiger partial charge in [0.1, 0.15) is 0 Å². The lowest BCUT2D eigenvalue weighted by Crippen LogP contribution is -2.37. The summed E-state index contributed by atoms with van der Waals surface area (Å²) in [5, 5.41) is 13.0. The molecule has 1 fully saturated rings. The van der Waals surface area contributed by atoms with Crippen LogP contribution in [0.2, 0.25) is 0 Å². The molecule has 30 heavy (non-hydrogen) atoms. The first-order valence-electron chi connectivity index (χ1n) is 10.7. The van der Waals surface area contributed by atoms with Gasteiger partial charge in [-0.15, -0.1) is 0 Å². The molecule has 0 atom stereocenters. The second-order valence-electron chi connectivity index (χ2n) is 8.05. The summed E-state index contributed by atoms with van der Waals surface area (Å²) in [5.74, 6) is 1.10. The lowest BCUT2D eigenvalue weighted by atomic mass is 9.87. The monoisotopic (exact) mass is 431 g/mol. The molecule has 2 amide bonds. The normalized spacial score (nSPS) is 18.0. The molecule has 1 aromatic heterocycles. The molecule has 0 spiro atoms. The molecule has 4 rings (SSSR count). The highest BCUT2D eigenvalue weighted by atomic mass is 32.2. The van der Waals surface area contributed by atoms with E-state index >= 15 is 0 Å². The third-order valence-corrected chi connectivity index (χ3v) is 7.95. The summed E-state index contributed by atoms with van der Waals surface area (Å²) >= 11 is 0. The van der Waals surface area contributed by atoms with Crippen molar-refractivity contribution in [3.8, 4) is 0 Å². The lowest BCUT2D eigenvalue weighted by molar-refractivity contribution is 0.262. The van der Waals surface area contributed by atoms with Crippen LogP contribution in [-0.4, -0.2) is 41.2 Å². The fraction of sp³-hybridized carbons (Fsp3) is 0.524. The van der Waals surface area contributed by atoms with Crippen LogP contribution < -0.4 is 10.6 Å². The number of benzene rings is 1. The van der Waals surface area contributed by atoms with Gasteiger partial charge in [0.15, 0.2) is 5.82 Å². The fourth-order valence-electron chi connectivity index (χ4n) is 4.41. The number of nitrogens with zero attached hydrogens (tertiary/aromatic N) is 2. The number of amides is 2. The fourth-order valence-corrected chi connectivity index (χ4v) is 5.48. The van der Waals surface area contributed by atoms with Crippen molar-refractivity contribution in [3.63, 3.8) is 0 Å². The zero-order valence-corrected chi connectivity index (χ0v) is 18.1. The third-order valence-electron chi connectivity index (χ3n) is 6.12. The van der Waals surface area contributed by atoms with Crippen molar-refractivity contribution in [1.29, 1.82) is 0 Å². The maximum Gasteiger partial charge on any atom is 0.324 e. The maximum absolute atomic E-state index is 12.5. The third kappa shape index (κ3) is 4.52. The Kier molecular flexibility index (Phi) is 6.10. The predicted molar refractivity (Wildman–Crippen MR) is 117 cm³/mol. The summed E-state index contributed by atoms with van der Waals surface area (Å²) in [4.78, 5) is 12.5. The molecule has 0 radical (unpaired) electrons. The number of hydrogen-bond acceptors (Lipinski definition) is 4. The standard InChI is InChI=1S/C21H29N5O3S/c1-2-30(28,29)26-12-11-17-16(14-26)9-6-10-18(17)22-21(27)23-20-13-19(24-25-20)15-7-4-3-5-8-15/h6,9-10,13,15H,2-5,7-8,11-12,14H2,1H3,(H3,22,23,24,25,27). The molecule has 0 saturated heterocycles. The summed E-state index contributed by atoms with van der Waals surface area (Å²) in [6.07, 6.45) is 6.66. The molecule has 9 heteroatoms. The number of aromatic nitrogens is 2. The minimum absolute atomic E-state index is 0.0925. The van der Waals surface area contributed by atoms with Gasteiger partial charge in [0, 0.05) is 36.5 Å². The Morgan fingerprint density at radius 2 is 2.03 bits per heavy atom. The predicted octanol–water partition coefficient (Wildman–Crippen LogP) is 3.81. The van der Waals surface area contributed by atoms with E-state index < -0.39 is 10.0 Å². The van der Waals surface area contributed by atoms with E-state index in [1.165, 1.54) is 23.6 Å².